The van der Waals surface area contributed by atoms with E-state index in [9.17, 15) is 8.42 Å². The van der Waals surface area contributed by atoms with Crippen molar-refractivity contribution in [1.82, 2.24) is 4.72 Å². The number of fused-ring (bicyclic) bond motifs is 3. The van der Waals surface area contributed by atoms with Crippen molar-refractivity contribution in [2.24, 2.45) is 11.8 Å². The van der Waals surface area contributed by atoms with E-state index < -0.39 is 10.0 Å². The third-order valence-corrected chi connectivity index (χ3v) is 8.91. The van der Waals surface area contributed by atoms with Gasteiger partial charge in [-0.25, -0.2) is 13.1 Å². The first-order valence-corrected chi connectivity index (χ1v) is 11.6. The average molecular weight is 416 g/mol. The van der Waals surface area contributed by atoms with Crippen molar-refractivity contribution in [1.29, 1.82) is 0 Å². The van der Waals surface area contributed by atoms with Crippen LogP contribution in [0.3, 0.4) is 0 Å². The number of hydrogen-bond donors (Lipinski definition) is 1. The van der Waals surface area contributed by atoms with Gasteiger partial charge in [0.05, 0.1) is 4.34 Å². The van der Waals surface area contributed by atoms with Gasteiger partial charge in [0.1, 0.15) is 4.21 Å². The molecule has 1 heterocycles. The van der Waals surface area contributed by atoms with Crippen molar-refractivity contribution in [2.75, 3.05) is 0 Å². The van der Waals surface area contributed by atoms with Gasteiger partial charge in [0.25, 0.3) is 0 Å². The van der Waals surface area contributed by atoms with Crippen molar-refractivity contribution in [3.05, 3.63) is 51.4 Å². The summed E-state index contributed by atoms with van der Waals surface area (Å²) in [5.41, 5.74) is 3.79. The molecule has 2 aliphatic carbocycles. The van der Waals surface area contributed by atoms with Crippen molar-refractivity contribution in [2.45, 2.75) is 41.8 Å². The van der Waals surface area contributed by atoms with E-state index in [2.05, 4.69) is 22.9 Å². The Morgan fingerprint density at radius 2 is 1.80 bits per heavy atom. The fraction of sp³-hybridized carbons (Fsp3) is 0.444. The van der Waals surface area contributed by atoms with Crippen LogP contribution in [0.15, 0.2) is 34.5 Å². The molecule has 1 aromatic heterocycles. The third-order valence-electron chi connectivity index (χ3n) is 5.42. The van der Waals surface area contributed by atoms with Crippen LogP contribution in [0.5, 0.6) is 0 Å². The van der Waals surface area contributed by atoms with Gasteiger partial charge in [-0.1, -0.05) is 29.8 Å². The zero-order valence-electron chi connectivity index (χ0n) is 13.5. The van der Waals surface area contributed by atoms with Gasteiger partial charge in [-0.15, -0.1) is 22.9 Å². The fourth-order valence-corrected chi connectivity index (χ4v) is 7.26. The molecule has 0 saturated heterocycles. The SMILES string of the molecule is O=S(=O)(NC1C2CCC1Cc1cc(CCl)ccc1C2)c1ccc(Cl)s1. The lowest BCUT2D eigenvalue weighted by atomic mass is 9.92. The zero-order valence-corrected chi connectivity index (χ0v) is 16.7. The first-order valence-electron chi connectivity index (χ1n) is 8.40. The summed E-state index contributed by atoms with van der Waals surface area (Å²) in [7, 11) is -3.52. The Labute approximate surface area is 162 Å². The monoisotopic (exact) mass is 415 g/mol. The molecule has 7 heteroatoms. The zero-order chi connectivity index (χ0) is 17.6. The van der Waals surface area contributed by atoms with Crippen LogP contribution in [-0.4, -0.2) is 14.5 Å². The molecule has 3 unspecified atom stereocenters. The highest BCUT2D eigenvalue weighted by Gasteiger charge is 2.41. The highest BCUT2D eigenvalue weighted by Crippen LogP contribution is 2.41. The van der Waals surface area contributed by atoms with Gasteiger partial charge in [0.15, 0.2) is 0 Å². The summed E-state index contributed by atoms with van der Waals surface area (Å²) in [6.07, 6.45) is 3.97. The maximum atomic E-state index is 12.7. The molecule has 3 atom stereocenters. The Balaban J connectivity index is 1.60. The highest BCUT2D eigenvalue weighted by molar-refractivity contribution is 7.91. The van der Waals surface area contributed by atoms with E-state index in [1.165, 1.54) is 11.1 Å². The number of rotatable bonds is 4. The number of hydrogen-bond acceptors (Lipinski definition) is 3. The summed E-state index contributed by atoms with van der Waals surface area (Å²) in [6, 6.07) is 9.63. The van der Waals surface area contributed by atoms with Crippen LogP contribution in [0.25, 0.3) is 0 Å². The molecule has 25 heavy (non-hydrogen) atoms. The molecule has 1 aromatic carbocycles. The third kappa shape index (κ3) is 3.50. The molecule has 0 aliphatic heterocycles. The Hall–Kier alpha value is -0.590. The van der Waals surface area contributed by atoms with Crippen LogP contribution in [0.4, 0.5) is 0 Å². The number of benzene rings is 1. The molecule has 0 spiro atoms. The van der Waals surface area contributed by atoms with E-state index in [-0.39, 0.29) is 6.04 Å². The van der Waals surface area contributed by atoms with E-state index >= 15 is 0 Å². The summed E-state index contributed by atoms with van der Waals surface area (Å²) in [4.78, 5) is 0. The van der Waals surface area contributed by atoms with Crippen LogP contribution in [-0.2, 0) is 28.7 Å². The van der Waals surface area contributed by atoms with E-state index in [1.54, 1.807) is 12.1 Å². The Morgan fingerprint density at radius 3 is 2.44 bits per heavy atom. The number of alkyl halides is 1. The summed E-state index contributed by atoms with van der Waals surface area (Å²) in [5, 5.41) is 0. The Morgan fingerprint density at radius 1 is 1.08 bits per heavy atom. The standard InChI is InChI=1S/C18H19Cl2NO2S2/c19-10-11-1-2-12-8-13-3-4-14(9-15(12)7-11)18(13)21-25(22,23)17-6-5-16(20)24-17/h1-2,5-7,13-14,18,21H,3-4,8-10H2. The molecule has 4 rings (SSSR count). The molecule has 1 fully saturated rings. The molecule has 0 amide bonds. The number of thiophene rings is 1. The molecular formula is C18H19Cl2NO2S2. The normalized spacial score (nSPS) is 25.6. The van der Waals surface area contributed by atoms with Gasteiger partial charge >= 0.3 is 0 Å². The lowest BCUT2D eigenvalue weighted by molar-refractivity contribution is 0.386. The number of sulfonamides is 1. The molecular weight excluding hydrogens is 397 g/mol. The maximum Gasteiger partial charge on any atom is 0.250 e. The second kappa shape index (κ2) is 6.86. The molecule has 134 valence electrons. The second-order valence-corrected chi connectivity index (χ2v) is 10.9. The van der Waals surface area contributed by atoms with Gasteiger partial charge in [0.2, 0.25) is 10.0 Å². The average Bonchev–Trinajstić information content (AvgIpc) is 3.12. The van der Waals surface area contributed by atoms with Crippen LogP contribution in [0.2, 0.25) is 4.34 Å². The van der Waals surface area contributed by atoms with E-state index in [1.807, 2.05) is 0 Å². The highest BCUT2D eigenvalue weighted by atomic mass is 35.5. The lowest BCUT2D eigenvalue weighted by Gasteiger charge is -2.23. The van der Waals surface area contributed by atoms with Gasteiger partial charge in [-0.05, 0) is 66.3 Å². The van der Waals surface area contributed by atoms with Gasteiger partial charge in [0, 0.05) is 11.9 Å². The predicted octanol–water partition coefficient (Wildman–Crippen LogP) is 4.61. The van der Waals surface area contributed by atoms with E-state index in [4.69, 9.17) is 23.2 Å². The van der Waals surface area contributed by atoms with Crippen molar-refractivity contribution < 1.29 is 8.42 Å². The van der Waals surface area contributed by atoms with Gasteiger partial charge in [-0.2, -0.15) is 0 Å². The fourth-order valence-electron chi connectivity index (χ4n) is 4.22. The van der Waals surface area contributed by atoms with E-state index in [0.717, 1.165) is 42.6 Å². The van der Waals surface area contributed by atoms with Gasteiger partial charge < -0.3 is 0 Å². The molecule has 2 aliphatic rings. The van der Waals surface area contributed by atoms with Crippen LogP contribution in [0, 0.1) is 11.8 Å². The molecule has 2 aromatic rings. The number of halogens is 2. The summed E-state index contributed by atoms with van der Waals surface area (Å²) < 4.78 is 29.3. The predicted molar refractivity (Wildman–Crippen MR) is 103 cm³/mol. The first-order chi connectivity index (χ1) is 12.0. The molecule has 0 radical (unpaired) electrons. The maximum absolute atomic E-state index is 12.7. The number of nitrogens with one attached hydrogen (secondary N) is 1. The minimum atomic E-state index is -3.52. The second-order valence-electron chi connectivity index (χ2n) is 6.95. The van der Waals surface area contributed by atoms with E-state index in [0.29, 0.717) is 26.3 Å². The molecule has 1 saturated carbocycles. The molecule has 3 nitrogen and oxygen atoms in total. The Kier molecular flexibility index (Phi) is 4.88. The minimum absolute atomic E-state index is 0.0160. The first kappa shape index (κ1) is 17.8. The topological polar surface area (TPSA) is 46.2 Å². The van der Waals surface area contributed by atoms with Gasteiger partial charge in [-0.3, -0.25) is 0 Å². The summed E-state index contributed by atoms with van der Waals surface area (Å²) in [6.45, 7) is 0. The lowest BCUT2D eigenvalue weighted by Crippen LogP contribution is -2.41. The Bertz CT molecular complexity index is 894. The van der Waals surface area contributed by atoms with Crippen molar-refractivity contribution in [3.8, 4) is 0 Å². The van der Waals surface area contributed by atoms with Crippen molar-refractivity contribution >= 4 is 44.6 Å². The molecule has 2 bridgehead atoms. The summed E-state index contributed by atoms with van der Waals surface area (Å²) in [5.74, 6) is 1.19. The van der Waals surface area contributed by atoms with Crippen LogP contribution < -0.4 is 4.72 Å². The largest absolute Gasteiger partial charge is 0.250 e. The quantitative estimate of drug-likeness (QED) is 0.740. The molecule has 1 N–H and O–H groups in total. The smallest absolute Gasteiger partial charge is 0.207 e. The minimum Gasteiger partial charge on any atom is -0.207 e. The van der Waals surface area contributed by atoms with Crippen LogP contribution >= 0.6 is 34.5 Å². The summed E-state index contributed by atoms with van der Waals surface area (Å²) >= 11 is 13.0. The van der Waals surface area contributed by atoms with Crippen LogP contribution in [0.1, 0.15) is 29.5 Å². The van der Waals surface area contributed by atoms with Crippen molar-refractivity contribution in [3.63, 3.8) is 0 Å².